The van der Waals surface area contributed by atoms with Crippen LogP contribution in [-0.4, -0.2) is 65.3 Å². The van der Waals surface area contributed by atoms with Crippen LogP contribution in [0.4, 0.5) is 5.69 Å². The molecule has 0 saturated carbocycles. The summed E-state index contributed by atoms with van der Waals surface area (Å²) in [7, 11) is 0. The van der Waals surface area contributed by atoms with Crippen LogP contribution < -0.4 is 5.32 Å². The minimum Gasteiger partial charge on any atom is -0.477 e. The van der Waals surface area contributed by atoms with Crippen LogP contribution in [0.1, 0.15) is 34.0 Å². The number of fused-ring (bicyclic) bond motifs is 1. The molecule has 0 bridgehead atoms. The lowest BCUT2D eigenvalue weighted by Gasteiger charge is -2.27. The summed E-state index contributed by atoms with van der Waals surface area (Å²) in [6.07, 6.45) is 8.66. The summed E-state index contributed by atoms with van der Waals surface area (Å²) in [5, 5.41) is 20.0. The van der Waals surface area contributed by atoms with Gasteiger partial charge >= 0.3 is 5.97 Å². The maximum absolute atomic E-state index is 13.8. The van der Waals surface area contributed by atoms with E-state index in [1.54, 1.807) is 64.7 Å². The number of H-pyrrole nitrogens is 2. The maximum atomic E-state index is 13.8. The molecule has 1 aliphatic heterocycles. The molecular formula is C29H24ClN7O4. The van der Waals surface area contributed by atoms with Crippen molar-refractivity contribution in [1.82, 2.24) is 29.9 Å². The van der Waals surface area contributed by atoms with Gasteiger partial charge in [-0.3, -0.25) is 14.6 Å². The van der Waals surface area contributed by atoms with Crippen molar-refractivity contribution in [3.8, 4) is 5.69 Å². The van der Waals surface area contributed by atoms with Crippen molar-refractivity contribution in [2.45, 2.75) is 18.4 Å². The minimum atomic E-state index is -1.07. The van der Waals surface area contributed by atoms with Gasteiger partial charge in [0.1, 0.15) is 18.1 Å². The summed E-state index contributed by atoms with van der Waals surface area (Å²) in [6, 6.07) is 14.8. The molecule has 1 saturated heterocycles. The van der Waals surface area contributed by atoms with E-state index in [4.69, 9.17) is 11.6 Å². The van der Waals surface area contributed by atoms with Crippen LogP contribution in [0.5, 0.6) is 0 Å². The third-order valence-electron chi connectivity index (χ3n) is 7.20. The number of nitrogens with one attached hydrogen (secondary N) is 3. The largest absolute Gasteiger partial charge is 0.477 e. The molecule has 1 aliphatic rings. The van der Waals surface area contributed by atoms with Crippen LogP contribution in [0.15, 0.2) is 79.4 Å². The molecule has 11 nitrogen and oxygen atoms in total. The number of hydrogen-bond donors (Lipinski definition) is 4. The van der Waals surface area contributed by atoms with Crippen LogP contribution in [-0.2, 0) is 9.59 Å². The average Bonchev–Trinajstić information content (AvgIpc) is 3.57. The fourth-order valence-electron chi connectivity index (χ4n) is 5.23. The van der Waals surface area contributed by atoms with Crippen molar-refractivity contribution < 1.29 is 19.5 Å². The molecule has 0 aliphatic carbocycles. The Labute approximate surface area is 238 Å². The molecule has 12 heteroatoms. The van der Waals surface area contributed by atoms with Gasteiger partial charge in [-0.2, -0.15) is 0 Å². The molecule has 206 valence electrons. The molecule has 2 aromatic carbocycles. The number of amides is 2. The molecule has 6 rings (SSSR count). The number of carboxylic acid groups (broad SMARTS) is 1. The predicted octanol–water partition coefficient (Wildman–Crippen LogP) is 4.46. The first kappa shape index (κ1) is 26.1. The standard InChI is InChI=1S/C29H24ClN7O4/c30-20-2-5-25(37-16-32-35-37)18(13-20)1-6-26(38)36-12-9-22(17-7-10-31-11-8-17)27(36)28(39)33-21-3-4-23-19(14-21)15-24(34-23)29(40)41/h1-8,10-11,13-16,22,27,34-35H,9,12H2,(H,33,39)(H,40,41)/b6-1+. The fourth-order valence-corrected chi connectivity index (χ4v) is 5.41. The first-order chi connectivity index (χ1) is 19.9. The van der Waals surface area contributed by atoms with Crippen molar-refractivity contribution in [2.24, 2.45) is 0 Å². The molecule has 4 N–H and O–H groups in total. The number of halogens is 1. The molecule has 3 aromatic heterocycles. The van der Waals surface area contributed by atoms with Gasteiger partial charge in [0.2, 0.25) is 11.8 Å². The van der Waals surface area contributed by atoms with Crippen LogP contribution in [0.2, 0.25) is 5.02 Å². The average molecular weight is 570 g/mol. The number of aromatic nitrogens is 5. The van der Waals surface area contributed by atoms with Crippen LogP contribution >= 0.6 is 11.6 Å². The highest BCUT2D eigenvalue weighted by molar-refractivity contribution is 6.30. The number of rotatable bonds is 7. The summed E-state index contributed by atoms with van der Waals surface area (Å²) in [4.78, 5) is 47.2. The molecule has 5 aromatic rings. The van der Waals surface area contributed by atoms with Gasteiger partial charge < -0.3 is 20.3 Å². The lowest BCUT2D eigenvalue weighted by atomic mass is 9.91. The van der Waals surface area contributed by atoms with Crippen molar-refractivity contribution in [3.05, 3.63) is 101 Å². The van der Waals surface area contributed by atoms with Gasteiger partial charge in [0.05, 0.1) is 5.69 Å². The highest BCUT2D eigenvalue weighted by atomic mass is 35.5. The Morgan fingerprint density at radius 3 is 2.61 bits per heavy atom. The summed E-state index contributed by atoms with van der Waals surface area (Å²) >= 11 is 6.22. The highest BCUT2D eigenvalue weighted by Gasteiger charge is 2.42. The van der Waals surface area contributed by atoms with Gasteiger partial charge in [-0.05, 0) is 72.7 Å². The molecule has 0 radical (unpaired) electrons. The number of hydrogen-bond acceptors (Lipinski definition) is 5. The van der Waals surface area contributed by atoms with E-state index in [0.29, 0.717) is 40.1 Å². The first-order valence-electron chi connectivity index (χ1n) is 12.8. The molecule has 0 spiro atoms. The maximum Gasteiger partial charge on any atom is 0.352 e. The highest BCUT2D eigenvalue weighted by Crippen LogP contribution is 2.35. The lowest BCUT2D eigenvalue weighted by Crippen LogP contribution is -2.44. The molecule has 2 atom stereocenters. The van der Waals surface area contributed by atoms with Crippen molar-refractivity contribution in [3.63, 3.8) is 0 Å². The number of pyridine rings is 1. The number of anilines is 1. The normalized spacial score (nSPS) is 17.0. The molecule has 1 fully saturated rings. The number of likely N-dealkylation sites (tertiary alicyclic amines) is 1. The second kappa shape index (κ2) is 10.8. The molecule has 2 unspecified atom stereocenters. The predicted molar refractivity (Wildman–Crippen MR) is 153 cm³/mol. The summed E-state index contributed by atoms with van der Waals surface area (Å²) < 4.78 is 1.70. The SMILES string of the molecule is O=C(O)c1cc2cc(NC(=O)C3C(c4ccncc4)CCN3C(=O)/C=C/c3cc(Cl)ccc3-n3cn[nH]3)ccc2[nH]1. The zero-order chi connectivity index (χ0) is 28.5. The van der Waals surface area contributed by atoms with Gasteiger partial charge in [0.15, 0.2) is 0 Å². The molecule has 2 amide bonds. The Balaban J connectivity index is 1.28. The Morgan fingerprint density at radius 1 is 1.07 bits per heavy atom. The lowest BCUT2D eigenvalue weighted by molar-refractivity contribution is -0.133. The monoisotopic (exact) mass is 569 g/mol. The number of carboxylic acids is 1. The number of aromatic carboxylic acids is 1. The number of aromatic amines is 2. The van der Waals surface area contributed by atoms with E-state index in [1.165, 1.54) is 12.1 Å². The quantitative estimate of drug-likeness (QED) is 0.213. The van der Waals surface area contributed by atoms with Gasteiger partial charge in [-0.15, -0.1) is 5.10 Å². The van der Waals surface area contributed by atoms with Gasteiger partial charge in [0.25, 0.3) is 0 Å². The van der Waals surface area contributed by atoms with Crippen LogP contribution in [0, 0.1) is 0 Å². The minimum absolute atomic E-state index is 0.0561. The Kier molecular flexibility index (Phi) is 6.86. The topological polar surface area (TPSA) is 149 Å². The van der Waals surface area contributed by atoms with Crippen molar-refractivity contribution in [2.75, 3.05) is 11.9 Å². The Hall–Kier alpha value is -5.16. The Morgan fingerprint density at radius 2 is 1.88 bits per heavy atom. The van der Waals surface area contributed by atoms with E-state index >= 15 is 0 Å². The van der Waals surface area contributed by atoms with Gasteiger partial charge in [0, 0.05) is 58.1 Å². The second-order valence-electron chi connectivity index (χ2n) is 9.68. The van der Waals surface area contributed by atoms with E-state index in [1.807, 2.05) is 18.2 Å². The smallest absolute Gasteiger partial charge is 0.352 e. The third-order valence-corrected chi connectivity index (χ3v) is 7.43. The number of carbonyl (C=O) groups excluding carboxylic acids is 2. The number of nitrogens with zero attached hydrogens (tertiary/aromatic N) is 4. The van der Waals surface area contributed by atoms with Crippen LogP contribution in [0.3, 0.4) is 0 Å². The van der Waals surface area contributed by atoms with Gasteiger partial charge in [-0.1, -0.05) is 11.6 Å². The van der Waals surface area contributed by atoms with Crippen LogP contribution in [0.25, 0.3) is 22.7 Å². The second-order valence-corrected chi connectivity index (χ2v) is 10.1. The Bertz CT molecular complexity index is 1780. The van der Waals surface area contributed by atoms with Crippen molar-refractivity contribution in [1.29, 1.82) is 0 Å². The van der Waals surface area contributed by atoms with Gasteiger partial charge in [-0.25, -0.2) is 14.7 Å². The summed E-state index contributed by atoms with van der Waals surface area (Å²) in [6.45, 7) is 0.385. The van der Waals surface area contributed by atoms with E-state index in [9.17, 15) is 19.5 Å². The molecular weight excluding hydrogens is 546 g/mol. The third kappa shape index (κ3) is 5.22. The number of carbonyl (C=O) groups is 3. The van der Waals surface area contributed by atoms with E-state index in [2.05, 4.69) is 25.6 Å². The molecule has 41 heavy (non-hydrogen) atoms. The van der Waals surface area contributed by atoms with E-state index in [0.717, 1.165) is 11.3 Å². The summed E-state index contributed by atoms with van der Waals surface area (Å²) in [5.41, 5.74) is 3.57. The zero-order valence-corrected chi connectivity index (χ0v) is 22.2. The number of benzene rings is 2. The summed E-state index contributed by atoms with van der Waals surface area (Å²) in [5.74, 6) is -1.97. The van der Waals surface area contributed by atoms with E-state index in [-0.39, 0.29) is 23.4 Å². The molecule has 4 heterocycles. The first-order valence-corrected chi connectivity index (χ1v) is 13.2. The fraction of sp³-hybridized carbons (Fsp3) is 0.138. The van der Waals surface area contributed by atoms with E-state index < -0.39 is 12.0 Å². The zero-order valence-electron chi connectivity index (χ0n) is 21.5. The van der Waals surface area contributed by atoms with Crippen molar-refractivity contribution >= 4 is 52.1 Å².